The van der Waals surface area contributed by atoms with E-state index in [0.29, 0.717) is 10.9 Å². The van der Waals surface area contributed by atoms with E-state index in [0.717, 1.165) is 11.8 Å². The predicted octanol–water partition coefficient (Wildman–Crippen LogP) is 4.24. The van der Waals surface area contributed by atoms with Gasteiger partial charge in [-0.25, -0.2) is 18.7 Å². The third-order valence-corrected chi connectivity index (χ3v) is 3.97. The van der Waals surface area contributed by atoms with E-state index in [2.05, 4.69) is 15.0 Å². The first-order valence-electron chi connectivity index (χ1n) is 7.32. The lowest BCUT2D eigenvalue weighted by atomic mass is 9.93. The summed E-state index contributed by atoms with van der Waals surface area (Å²) in [6.07, 6.45) is 2.40. The molecule has 124 valence electrons. The van der Waals surface area contributed by atoms with Crippen molar-refractivity contribution in [3.05, 3.63) is 52.6 Å². The molecule has 0 saturated carbocycles. The quantitative estimate of drug-likeness (QED) is 0.718. The molecule has 0 saturated heterocycles. The van der Waals surface area contributed by atoms with Gasteiger partial charge < -0.3 is 5.11 Å². The first-order valence-corrected chi connectivity index (χ1v) is 7.70. The van der Waals surface area contributed by atoms with Crippen molar-refractivity contribution in [2.45, 2.75) is 26.4 Å². The molecule has 0 atom stereocenters. The van der Waals surface area contributed by atoms with Gasteiger partial charge in [-0.05, 0) is 40.8 Å². The molecule has 0 aliphatic rings. The zero-order chi connectivity index (χ0) is 17.4. The zero-order valence-corrected chi connectivity index (χ0v) is 13.8. The highest BCUT2D eigenvalue weighted by Crippen LogP contribution is 2.33. The molecule has 0 spiro atoms. The SMILES string of the molecule is CC(C)c1c(CO)cnc2c(F)cc(-c3nc(Cl)ncc3F)cc12. The minimum absolute atomic E-state index is 0.0196. The Hall–Kier alpha value is -2.18. The molecule has 1 aromatic carbocycles. The van der Waals surface area contributed by atoms with Crippen LogP contribution < -0.4 is 0 Å². The predicted molar refractivity (Wildman–Crippen MR) is 87.7 cm³/mol. The van der Waals surface area contributed by atoms with Gasteiger partial charge in [-0.1, -0.05) is 13.8 Å². The Morgan fingerprint density at radius 2 is 1.88 bits per heavy atom. The minimum atomic E-state index is -0.699. The van der Waals surface area contributed by atoms with E-state index in [1.165, 1.54) is 12.3 Å². The van der Waals surface area contributed by atoms with Crippen LogP contribution in [0.2, 0.25) is 5.28 Å². The molecule has 0 bridgehead atoms. The fourth-order valence-electron chi connectivity index (χ4n) is 2.81. The van der Waals surface area contributed by atoms with Gasteiger partial charge in [0.2, 0.25) is 5.28 Å². The van der Waals surface area contributed by atoms with Crippen LogP contribution in [0.4, 0.5) is 8.78 Å². The van der Waals surface area contributed by atoms with Crippen molar-refractivity contribution in [1.82, 2.24) is 15.0 Å². The molecular weight excluding hydrogens is 336 g/mol. The second-order valence-electron chi connectivity index (χ2n) is 5.70. The molecule has 4 nitrogen and oxygen atoms in total. The van der Waals surface area contributed by atoms with Crippen molar-refractivity contribution in [3.63, 3.8) is 0 Å². The van der Waals surface area contributed by atoms with Crippen molar-refractivity contribution in [2.24, 2.45) is 0 Å². The maximum absolute atomic E-state index is 14.5. The Morgan fingerprint density at radius 1 is 1.12 bits per heavy atom. The average molecular weight is 350 g/mol. The van der Waals surface area contributed by atoms with Crippen LogP contribution in [0.3, 0.4) is 0 Å². The zero-order valence-electron chi connectivity index (χ0n) is 13.0. The Balaban J connectivity index is 2.36. The highest BCUT2D eigenvalue weighted by atomic mass is 35.5. The van der Waals surface area contributed by atoms with E-state index >= 15 is 0 Å². The van der Waals surface area contributed by atoms with Gasteiger partial charge in [0.1, 0.15) is 17.0 Å². The van der Waals surface area contributed by atoms with Crippen LogP contribution in [0.5, 0.6) is 0 Å². The van der Waals surface area contributed by atoms with Gasteiger partial charge >= 0.3 is 0 Å². The maximum atomic E-state index is 14.5. The van der Waals surface area contributed by atoms with Crippen LogP contribution in [0.25, 0.3) is 22.2 Å². The van der Waals surface area contributed by atoms with Crippen LogP contribution >= 0.6 is 11.6 Å². The Kier molecular flexibility index (Phi) is 4.43. The topological polar surface area (TPSA) is 58.9 Å². The van der Waals surface area contributed by atoms with E-state index < -0.39 is 11.6 Å². The Bertz CT molecular complexity index is 931. The van der Waals surface area contributed by atoms with Gasteiger partial charge in [-0.2, -0.15) is 0 Å². The summed E-state index contributed by atoms with van der Waals surface area (Å²) in [6, 6.07) is 2.78. The Labute approximate surface area is 142 Å². The summed E-state index contributed by atoms with van der Waals surface area (Å²) in [6.45, 7) is 3.65. The maximum Gasteiger partial charge on any atom is 0.223 e. The standard InChI is InChI=1S/C17H14ClF2N3O/c1-8(2)14-10(7-24)5-21-16-11(14)3-9(4-12(16)19)15-13(20)6-22-17(18)23-15/h3-6,8,24H,7H2,1-2H3. The largest absolute Gasteiger partial charge is 0.392 e. The molecule has 3 aromatic rings. The highest BCUT2D eigenvalue weighted by Gasteiger charge is 2.18. The van der Waals surface area contributed by atoms with E-state index in [1.54, 1.807) is 6.07 Å². The third kappa shape index (κ3) is 2.83. The van der Waals surface area contributed by atoms with Gasteiger partial charge in [0.25, 0.3) is 0 Å². The number of aromatic nitrogens is 3. The van der Waals surface area contributed by atoms with Crippen molar-refractivity contribution in [3.8, 4) is 11.3 Å². The number of hydrogen-bond donors (Lipinski definition) is 1. The molecule has 1 N–H and O–H groups in total. The number of halogens is 3. The molecule has 0 amide bonds. The molecule has 2 aromatic heterocycles. The molecule has 0 fully saturated rings. The van der Waals surface area contributed by atoms with Gasteiger partial charge in [0.05, 0.1) is 12.8 Å². The molecule has 0 radical (unpaired) electrons. The lowest BCUT2D eigenvalue weighted by Gasteiger charge is -2.15. The highest BCUT2D eigenvalue weighted by molar-refractivity contribution is 6.28. The smallest absolute Gasteiger partial charge is 0.223 e. The van der Waals surface area contributed by atoms with E-state index in [9.17, 15) is 13.9 Å². The number of pyridine rings is 1. The Morgan fingerprint density at radius 3 is 2.54 bits per heavy atom. The van der Waals surface area contributed by atoms with Crippen molar-refractivity contribution in [2.75, 3.05) is 0 Å². The number of fused-ring (bicyclic) bond motifs is 1. The van der Waals surface area contributed by atoms with Crippen molar-refractivity contribution in [1.29, 1.82) is 0 Å². The normalized spacial score (nSPS) is 11.5. The minimum Gasteiger partial charge on any atom is -0.392 e. The lowest BCUT2D eigenvalue weighted by molar-refractivity contribution is 0.280. The van der Waals surface area contributed by atoms with Crippen molar-refractivity contribution < 1.29 is 13.9 Å². The number of rotatable bonds is 3. The summed E-state index contributed by atoms with van der Waals surface area (Å²) < 4.78 is 28.5. The van der Waals surface area contributed by atoms with Gasteiger partial charge in [0.15, 0.2) is 5.82 Å². The van der Waals surface area contributed by atoms with Crippen LogP contribution in [-0.4, -0.2) is 20.1 Å². The average Bonchev–Trinajstić information content (AvgIpc) is 2.55. The number of aliphatic hydroxyl groups is 1. The monoisotopic (exact) mass is 349 g/mol. The summed E-state index contributed by atoms with van der Waals surface area (Å²) >= 11 is 5.73. The molecule has 0 aliphatic heterocycles. The molecule has 0 aliphatic carbocycles. The summed E-state index contributed by atoms with van der Waals surface area (Å²) in [4.78, 5) is 11.5. The van der Waals surface area contributed by atoms with Gasteiger partial charge in [0, 0.05) is 17.1 Å². The van der Waals surface area contributed by atoms with Gasteiger partial charge in [-0.3, -0.25) is 4.98 Å². The molecule has 3 rings (SSSR count). The number of nitrogens with zero attached hydrogens (tertiary/aromatic N) is 3. The molecule has 7 heteroatoms. The van der Waals surface area contributed by atoms with E-state index in [4.69, 9.17) is 11.6 Å². The fraction of sp³-hybridized carbons (Fsp3) is 0.235. The van der Waals surface area contributed by atoms with Gasteiger partial charge in [-0.15, -0.1) is 0 Å². The fourth-order valence-corrected chi connectivity index (χ4v) is 2.95. The summed E-state index contributed by atoms with van der Waals surface area (Å²) in [7, 11) is 0. The summed E-state index contributed by atoms with van der Waals surface area (Å²) in [5, 5.41) is 9.92. The van der Waals surface area contributed by atoms with E-state index in [-0.39, 0.29) is 34.6 Å². The second kappa shape index (κ2) is 6.37. The number of benzene rings is 1. The summed E-state index contributed by atoms with van der Waals surface area (Å²) in [5.74, 6) is -1.27. The third-order valence-electron chi connectivity index (χ3n) is 3.78. The van der Waals surface area contributed by atoms with E-state index in [1.807, 2.05) is 13.8 Å². The molecular formula is C17H14ClF2N3O. The molecule has 2 heterocycles. The summed E-state index contributed by atoms with van der Waals surface area (Å²) in [5.41, 5.74) is 1.69. The molecule has 24 heavy (non-hydrogen) atoms. The van der Waals surface area contributed by atoms with Crippen LogP contribution in [0, 0.1) is 11.6 Å². The lowest BCUT2D eigenvalue weighted by Crippen LogP contribution is -2.02. The van der Waals surface area contributed by atoms with Crippen molar-refractivity contribution >= 4 is 22.5 Å². The van der Waals surface area contributed by atoms with Crippen LogP contribution in [-0.2, 0) is 6.61 Å². The van der Waals surface area contributed by atoms with Crippen LogP contribution in [0.1, 0.15) is 30.9 Å². The molecule has 0 unspecified atom stereocenters. The number of hydrogen-bond acceptors (Lipinski definition) is 4. The number of aliphatic hydroxyl groups excluding tert-OH is 1. The van der Waals surface area contributed by atoms with Crippen LogP contribution in [0.15, 0.2) is 24.5 Å². The first-order chi connectivity index (χ1) is 11.4. The second-order valence-corrected chi connectivity index (χ2v) is 6.04. The first kappa shape index (κ1) is 16.7.